The van der Waals surface area contributed by atoms with Crippen molar-refractivity contribution in [1.29, 1.82) is 0 Å². The third-order valence-electron chi connectivity index (χ3n) is 4.82. The average molecular weight is 400 g/mol. The van der Waals surface area contributed by atoms with Crippen molar-refractivity contribution in [3.05, 3.63) is 51.8 Å². The summed E-state index contributed by atoms with van der Waals surface area (Å²) < 4.78 is 10.7. The van der Waals surface area contributed by atoms with Crippen molar-refractivity contribution < 1.29 is 19.2 Å². The maximum absolute atomic E-state index is 11.9. The largest absolute Gasteiger partial charge is 0.468 e. The van der Waals surface area contributed by atoms with Gasteiger partial charge in [-0.2, -0.15) is 4.98 Å². The molecule has 1 aliphatic rings. The van der Waals surface area contributed by atoms with Crippen LogP contribution in [0.25, 0.3) is 0 Å². The molecule has 1 aromatic carbocycles. The number of aromatic nitrogens is 2. The number of anilines is 1. The number of hydrogen-bond acceptors (Lipinski definition) is 8. The van der Waals surface area contributed by atoms with Crippen LogP contribution in [0.4, 0.5) is 11.5 Å². The lowest BCUT2D eigenvalue weighted by Gasteiger charge is -2.31. The minimum atomic E-state index is -0.516. The number of hydrogen-bond donors (Lipinski definition) is 0. The summed E-state index contributed by atoms with van der Waals surface area (Å²) in [5.41, 5.74) is 1.72. The SMILES string of the molecule is CCOC(=O)C1CCN(c2ncnc(OCc3cccc(C)c3)c2[N+](=O)[O-])CC1. The van der Waals surface area contributed by atoms with Crippen molar-refractivity contribution in [1.82, 2.24) is 9.97 Å². The predicted octanol–water partition coefficient (Wildman–Crippen LogP) is 3.05. The van der Waals surface area contributed by atoms with Gasteiger partial charge in [0.25, 0.3) is 5.88 Å². The first-order chi connectivity index (χ1) is 14.0. The van der Waals surface area contributed by atoms with Gasteiger partial charge in [-0.3, -0.25) is 14.9 Å². The van der Waals surface area contributed by atoms with Crippen LogP contribution < -0.4 is 9.64 Å². The number of nitro groups is 1. The quantitative estimate of drug-likeness (QED) is 0.396. The van der Waals surface area contributed by atoms with Gasteiger partial charge in [0, 0.05) is 13.1 Å². The Balaban J connectivity index is 1.75. The zero-order valence-corrected chi connectivity index (χ0v) is 16.5. The molecule has 0 N–H and O–H groups in total. The first-order valence-electron chi connectivity index (χ1n) is 9.59. The molecule has 0 bridgehead atoms. The first kappa shape index (κ1) is 20.5. The fourth-order valence-electron chi connectivity index (χ4n) is 3.39. The van der Waals surface area contributed by atoms with Gasteiger partial charge in [0.2, 0.25) is 5.82 Å². The van der Waals surface area contributed by atoms with E-state index in [1.165, 1.54) is 6.33 Å². The molecular weight excluding hydrogens is 376 g/mol. The number of benzene rings is 1. The van der Waals surface area contributed by atoms with Crippen molar-refractivity contribution >= 4 is 17.5 Å². The van der Waals surface area contributed by atoms with Crippen molar-refractivity contribution in [2.24, 2.45) is 5.92 Å². The van der Waals surface area contributed by atoms with Crippen LogP contribution in [0, 0.1) is 23.0 Å². The number of piperidine rings is 1. The minimum Gasteiger partial charge on any atom is -0.468 e. The van der Waals surface area contributed by atoms with Crippen molar-refractivity contribution in [3.8, 4) is 5.88 Å². The van der Waals surface area contributed by atoms with Crippen LogP contribution in [-0.2, 0) is 16.1 Å². The molecule has 0 saturated carbocycles. The number of ether oxygens (including phenoxy) is 2. The van der Waals surface area contributed by atoms with Gasteiger partial charge in [-0.25, -0.2) is 4.98 Å². The highest BCUT2D eigenvalue weighted by molar-refractivity contribution is 5.73. The molecule has 0 aliphatic carbocycles. The van der Waals surface area contributed by atoms with E-state index in [0.717, 1.165) is 11.1 Å². The summed E-state index contributed by atoms with van der Waals surface area (Å²) in [6.45, 7) is 5.20. The van der Waals surface area contributed by atoms with Gasteiger partial charge in [0.15, 0.2) is 0 Å². The van der Waals surface area contributed by atoms with Crippen LogP contribution >= 0.6 is 0 Å². The van der Waals surface area contributed by atoms with E-state index in [0.29, 0.717) is 32.5 Å². The van der Waals surface area contributed by atoms with Gasteiger partial charge in [0.1, 0.15) is 12.9 Å². The Labute approximate surface area is 168 Å². The summed E-state index contributed by atoms with van der Waals surface area (Å²) in [6, 6.07) is 7.71. The van der Waals surface area contributed by atoms with E-state index in [-0.39, 0.29) is 35.9 Å². The smallest absolute Gasteiger partial charge is 0.372 e. The van der Waals surface area contributed by atoms with E-state index in [4.69, 9.17) is 9.47 Å². The highest BCUT2D eigenvalue weighted by Gasteiger charge is 2.33. The monoisotopic (exact) mass is 400 g/mol. The summed E-state index contributed by atoms with van der Waals surface area (Å²) in [6.07, 6.45) is 2.38. The van der Waals surface area contributed by atoms with Gasteiger partial charge < -0.3 is 14.4 Å². The number of nitrogens with zero attached hydrogens (tertiary/aromatic N) is 4. The summed E-state index contributed by atoms with van der Waals surface area (Å²) in [5.74, 6) is -0.253. The number of carbonyl (C=O) groups is 1. The summed E-state index contributed by atoms with van der Waals surface area (Å²) in [7, 11) is 0. The van der Waals surface area contributed by atoms with E-state index in [1.54, 1.807) is 11.8 Å². The molecule has 9 heteroatoms. The molecule has 9 nitrogen and oxygen atoms in total. The molecule has 1 fully saturated rings. The van der Waals surface area contributed by atoms with Crippen LogP contribution in [0.1, 0.15) is 30.9 Å². The molecule has 1 aromatic heterocycles. The minimum absolute atomic E-state index is 0.0611. The third-order valence-corrected chi connectivity index (χ3v) is 4.82. The van der Waals surface area contributed by atoms with E-state index in [2.05, 4.69) is 9.97 Å². The van der Waals surface area contributed by atoms with E-state index in [1.807, 2.05) is 31.2 Å². The molecule has 1 saturated heterocycles. The Kier molecular flexibility index (Phi) is 6.58. The Morgan fingerprint density at radius 1 is 1.31 bits per heavy atom. The lowest BCUT2D eigenvalue weighted by Crippen LogP contribution is -2.37. The first-order valence-corrected chi connectivity index (χ1v) is 9.59. The van der Waals surface area contributed by atoms with Gasteiger partial charge in [0.05, 0.1) is 17.4 Å². The molecule has 0 unspecified atom stereocenters. The predicted molar refractivity (Wildman–Crippen MR) is 106 cm³/mol. The summed E-state index contributed by atoms with van der Waals surface area (Å²) in [4.78, 5) is 33.1. The van der Waals surface area contributed by atoms with Crippen LogP contribution in [0.15, 0.2) is 30.6 Å². The lowest BCUT2D eigenvalue weighted by atomic mass is 9.97. The van der Waals surface area contributed by atoms with E-state index >= 15 is 0 Å². The molecule has 0 atom stereocenters. The average Bonchev–Trinajstić information content (AvgIpc) is 2.72. The Hall–Kier alpha value is -3.23. The molecule has 2 heterocycles. The van der Waals surface area contributed by atoms with Gasteiger partial charge in [-0.05, 0) is 32.3 Å². The maximum Gasteiger partial charge on any atom is 0.372 e. The molecule has 2 aromatic rings. The molecule has 0 radical (unpaired) electrons. The van der Waals surface area contributed by atoms with Crippen LogP contribution in [0.5, 0.6) is 5.88 Å². The second kappa shape index (κ2) is 9.31. The fraction of sp³-hybridized carbons (Fsp3) is 0.450. The van der Waals surface area contributed by atoms with Crippen molar-refractivity contribution in [3.63, 3.8) is 0 Å². The van der Waals surface area contributed by atoms with Gasteiger partial charge in [-0.15, -0.1) is 0 Å². The second-order valence-corrected chi connectivity index (χ2v) is 6.90. The van der Waals surface area contributed by atoms with Gasteiger partial charge >= 0.3 is 11.7 Å². The molecule has 154 valence electrons. The van der Waals surface area contributed by atoms with E-state index < -0.39 is 4.92 Å². The molecule has 0 spiro atoms. The summed E-state index contributed by atoms with van der Waals surface area (Å²) >= 11 is 0. The normalized spacial score (nSPS) is 14.5. The van der Waals surface area contributed by atoms with Crippen LogP contribution in [0.3, 0.4) is 0 Å². The Bertz CT molecular complexity index is 881. The molecule has 0 amide bonds. The summed E-state index contributed by atoms with van der Waals surface area (Å²) in [5, 5.41) is 11.8. The number of aryl methyl sites for hydroxylation is 1. The molecule has 3 rings (SSSR count). The third kappa shape index (κ3) is 4.98. The standard InChI is InChI=1S/C20H24N4O5/c1-3-28-20(25)16-7-9-23(10-8-16)18-17(24(26)27)19(22-13-21-18)29-12-15-6-4-5-14(2)11-15/h4-6,11,13,16H,3,7-10,12H2,1-2H3. The van der Waals surface area contributed by atoms with Crippen LogP contribution in [0.2, 0.25) is 0 Å². The maximum atomic E-state index is 11.9. The number of carbonyl (C=O) groups excluding carboxylic acids is 1. The molecule has 29 heavy (non-hydrogen) atoms. The Morgan fingerprint density at radius 3 is 2.72 bits per heavy atom. The van der Waals surface area contributed by atoms with Crippen LogP contribution in [-0.4, -0.2) is 40.6 Å². The zero-order valence-electron chi connectivity index (χ0n) is 16.5. The highest BCUT2D eigenvalue weighted by Crippen LogP contribution is 2.35. The van der Waals surface area contributed by atoms with Crippen molar-refractivity contribution in [2.75, 3.05) is 24.6 Å². The number of esters is 1. The zero-order chi connectivity index (χ0) is 20.8. The lowest BCUT2D eigenvalue weighted by molar-refractivity contribution is -0.385. The van der Waals surface area contributed by atoms with Crippen molar-refractivity contribution in [2.45, 2.75) is 33.3 Å². The molecule has 1 aliphatic heterocycles. The van der Waals surface area contributed by atoms with Gasteiger partial charge in [-0.1, -0.05) is 29.8 Å². The fourth-order valence-corrected chi connectivity index (χ4v) is 3.39. The Morgan fingerprint density at radius 2 is 2.07 bits per heavy atom. The number of rotatable bonds is 7. The van der Waals surface area contributed by atoms with E-state index in [9.17, 15) is 14.9 Å². The highest BCUT2D eigenvalue weighted by atomic mass is 16.6. The second-order valence-electron chi connectivity index (χ2n) is 6.90. The topological polar surface area (TPSA) is 108 Å². The molecular formula is C20H24N4O5.